The summed E-state index contributed by atoms with van der Waals surface area (Å²) in [7, 11) is -3.56. The molecule has 0 bridgehead atoms. The summed E-state index contributed by atoms with van der Waals surface area (Å²) < 4.78 is 33.1. The SMILES string of the molecule is CS(=O)(=O)Oc1ccc(CN(CC2CCCO2)C(=O)CSc2ccccc2)cc1. The average molecular weight is 436 g/mol. The number of carbonyl (C=O) groups is 1. The van der Waals surface area contributed by atoms with Crippen molar-refractivity contribution in [1.82, 2.24) is 4.90 Å². The lowest BCUT2D eigenvalue weighted by atomic mass is 10.1. The van der Waals surface area contributed by atoms with Gasteiger partial charge in [-0.1, -0.05) is 30.3 Å². The third kappa shape index (κ3) is 7.38. The molecule has 1 aliphatic rings. The summed E-state index contributed by atoms with van der Waals surface area (Å²) in [6, 6.07) is 16.6. The Balaban J connectivity index is 1.65. The third-order valence-electron chi connectivity index (χ3n) is 4.45. The quantitative estimate of drug-likeness (QED) is 0.444. The van der Waals surface area contributed by atoms with Crippen LogP contribution < -0.4 is 4.18 Å². The van der Waals surface area contributed by atoms with Gasteiger partial charge >= 0.3 is 10.1 Å². The predicted molar refractivity (Wildman–Crippen MR) is 113 cm³/mol. The van der Waals surface area contributed by atoms with E-state index in [0.29, 0.717) is 18.8 Å². The van der Waals surface area contributed by atoms with E-state index in [9.17, 15) is 13.2 Å². The van der Waals surface area contributed by atoms with Crippen LogP contribution in [0.2, 0.25) is 0 Å². The number of ether oxygens (including phenoxy) is 1. The Bertz CT molecular complexity index is 894. The van der Waals surface area contributed by atoms with E-state index in [1.165, 1.54) is 11.8 Å². The molecule has 1 unspecified atom stereocenters. The largest absolute Gasteiger partial charge is 0.383 e. The molecular weight excluding hydrogens is 410 g/mol. The van der Waals surface area contributed by atoms with Crippen molar-refractivity contribution >= 4 is 27.8 Å². The lowest BCUT2D eigenvalue weighted by molar-refractivity contribution is -0.130. The highest BCUT2D eigenvalue weighted by Gasteiger charge is 2.23. The first-order valence-electron chi connectivity index (χ1n) is 9.45. The molecule has 0 N–H and O–H groups in total. The van der Waals surface area contributed by atoms with Crippen molar-refractivity contribution in [3.05, 3.63) is 60.2 Å². The maximum atomic E-state index is 12.9. The summed E-state index contributed by atoms with van der Waals surface area (Å²) in [5, 5.41) is 0. The first-order chi connectivity index (χ1) is 13.9. The zero-order valence-electron chi connectivity index (χ0n) is 16.3. The van der Waals surface area contributed by atoms with Crippen LogP contribution in [0.4, 0.5) is 0 Å². The van der Waals surface area contributed by atoms with Crippen molar-refractivity contribution < 1.29 is 22.1 Å². The monoisotopic (exact) mass is 435 g/mol. The van der Waals surface area contributed by atoms with Gasteiger partial charge in [-0.15, -0.1) is 11.8 Å². The number of rotatable bonds is 9. The topological polar surface area (TPSA) is 72.9 Å². The number of benzene rings is 2. The van der Waals surface area contributed by atoms with Gasteiger partial charge in [-0.25, -0.2) is 0 Å². The molecule has 0 saturated carbocycles. The van der Waals surface area contributed by atoms with Crippen LogP contribution in [0, 0.1) is 0 Å². The van der Waals surface area contributed by atoms with E-state index in [-0.39, 0.29) is 17.8 Å². The molecule has 0 aliphatic carbocycles. The molecule has 1 saturated heterocycles. The van der Waals surface area contributed by atoms with Crippen LogP contribution in [0.25, 0.3) is 0 Å². The van der Waals surface area contributed by atoms with Crippen molar-refractivity contribution in [2.75, 3.05) is 25.2 Å². The van der Waals surface area contributed by atoms with Crippen LogP contribution in [-0.4, -0.2) is 50.5 Å². The van der Waals surface area contributed by atoms with Crippen LogP contribution in [-0.2, 0) is 26.2 Å². The first-order valence-corrected chi connectivity index (χ1v) is 12.2. The van der Waals surface area contributed by atoms with E-state index >= 15 is 0 Å². The second-order valence-electron chi connectivity index (χ2n) is 6.94. The van der Waals surface area contributed by atoms with Gasteiger partial charge in [0.15, 0.2) is 0 Å². The molecule has 8 heteroatoms. The molecule has 1 amide bonds. The Labute approximate surface area is 176 Å². The summed E-state index contributed by atoms with van der Waals surface area (Å²) in [4.78, 5) is 15.8. The Hall–Kier alpha value is -2.03. The second kappa shape index (κ2) is 10.1. The summed E-state index contributed by atoms with van der Waals surface area (Å²) >= 11 is 1.52. The highest BCUT2D eigenvalue weighted by Crippen LogP contribution is 2.21. The zero-order chi connectivity index (χ0) is 20.7. The summed E-state index contributed by atoms with van der Waals surface area (Å²) in [5.74, 6) is 0.658. The van der Waals surface area contributed by atoms with Crippen LogP contribution in [0.1, 0.15) is 18.4 Å². The minimum atomic E-state index is -3.56. The highest BCUT2D eigenvalue weighted by atomic mass is 32.2. The highest BCUT2D eigenvalue weighted by molar-refractivity contribution is 8.00. The van der Waals surface area contributed by atoms with Gasteiger partial charge in [-0.2, -0.15) is 8.42 Å². The Morgan fingerprint density at radius 2 is 1.90 bits per heavy atom. The van der Waals surface area contributed by atoms with E-state index in [4.69, 9.17) is 8.92 Å². The van der Waals surface area contributed by atoms with Crippen molar-refractivity contribution in [3.8, 4) is 5.75 Å². The molecule has 2 aromatic carbocycles. The first kappa shape index (κ1) is 21.7. The Morgan fingerprint density at radius 1 is 1.17 bits per heavy atom. The number of carbonyl (C=O) groups excluding carboxylic acids is 1. The van der Waals surface area contributed by atoms with Crippen LogP contribution in [0.5, 0.6) is 5.75 Å². The number of nitrogens with zero attached hydrogens (tertiary/aromatic N) is 1. The van der Waals surface area contributed by atoms with Crippen molar-refractivity contribution in [2.45, 2.75) is 30.4 Å². The molecule has 3 rings (SSSR count). The van der Waals surface area contributed by atoms with Gasteiger partial charge in [0.1, 0.15) is 5.75 Å². The molecule has 1 aliphatic heterocycles. The van der Waals surface area contributed by atoms with E-state index in [2.05, 4.69) is 0 Å². The molecule has 156 valence electrons. The van der Waals surface area contributed by atoms with Crippen molar-refractivity contribution in [1.29, 1.82) is 0 Å². The molecule has 0 spiro atoms. The van der Waals surface area contributed by atoms with E-state index in [1.54, 1.807) is 24.3 Å². The Morgan fingerprint density at radius 3 is 2.52 bits per heavy atom. The average Bonchev–Trinajstić information content (AvgIpc) is 3.20. The minimum Gasteiger partial charge on any atom is -0.383 e. The Kier molecular flexibility index (Phi) is 7.57. The van der Waals surface area contributed by atoms with Gasteiger partial charge in [0.05, 0.1) is 18.1 Å². The fourth-order valence-corrected chi connectivity index (χ4v) is 4.37. The summed E-state index contributed by atoms with van der Waals surface area (Å²) in [6.45, 7) is 1.73. The maximum absolute atomic E-state index is 12.9. The second-order valence-corrected chi connectivity index (χ2v) is 9.57. The van der Waals surface area contributed by atoms with E-state index in [1.807, 2.05) is 35.2 Å². The zero-order valence-corrected chi connectivity index (χ0v) is 18.0. The maximum Gasteiger partial charge on any atom is 0.306 e. The smallest absolute Gasteiger partial charge is 0.306 e. The van der Waals surface area contributed by atoms with Crippen LogP contribution >= 0.6 is 11.8 Å². The minimum absolute atomic E-state index is 0.0471. The van der Waals surface area contributed by atoms with Crippen LogP contribution in [0.15, 0.2) is 59.5 Å². The molecule has 1 atom stereocenters. The number of thioether (sulfide) groups is 1. The number of amides is 1. The van der Waals surface area contributed by atoms with Gasteiger partial charge in [-0.05, 0) is 42.7 Å². The van der Waals surface area contributed by atoms with Crippen LogP contribution in [0.3, 0.4) is 0 Å². The third-order valence-corrected chi connectivity index (χ3v) is 5.94. The summed E-state index contributed by atoms with van der Waals surface area (Å²) in [5.41, 5.74) is 0.905. The van der Waals surface area contributed by atoms with E-state index in [0.717, 1.165) is 36.2 Å². The normalized spacial score (nSPS) is 16.5. The lowest BCUT2D eigenvalue weighted by Gasteiger charge is -2.25. The van der Waals surface area contributed by atoms with Crippen molar-refractivity contribution in [2.24, 2.45) is 0 Å². The van der Waals surface area contributed by atoms with Gasteiger partial charge < -0.3 is 13.8 Å². The standard InChI is InChI=1S/C21H25NO5S2/c1-29(24,25)27-18-11-9-17(10-12-18)14-22(15-19-6-5-13-26-19)21(23)16-28-20-7-3-2-4-8-20/h2-4,7-12,19H,5-6,13-16H2,1H3. The molecule has 29 heavy (non-hydrogen) atoms. The van der Waals surface area contributed by atoms with E-state index < -0.39 is 10.1 Å². The predicted octanol–water partition coefficient (Wildman–Crippen LogP) is 3.32. The molecule has 0 aromatic heterocycles. The molecule has 0 radical (unpaired) electrons. The molecule has 1 heterocycles. The van der Waals surface area contributed by atoms with Gasteiger partial charge in [0, 0.05) is 24.6 Å². The fraction of sp³-hybridized carbons (Fsp3) is 0.381. The summed E-state index contributed by atoms with van der Waals surface area (Å²) in [6.07, 6.45) is 3.04. The molecule has 6 nitrogen and oxygen atoms in total. The van der Waals surface area contributed by atoms with Crippen molar-refractivity contribution in [3.63, 3.8) is 0 Å². The molecule has 2 aromatic rings. The van der Waals surface area contributed by atoms with Gasteiger partial charge in [0.25, 0.3) is 0 Å². The number of hydrogen-bond acceptors (Lipinski definition) is 6. The molecular formula is C21H25NO5S2. The lowest BCUT2D eigenvalue weighted by Crippen LogP contribution is -2.38. The number of hydrogen-bond donors (Lipinski definition) is 0. The van der Waals surface area contributed by atoms with Gasteiger partial charge in [-0.3, -0.25) is 4.79 Å². The fourth-order valence-electron chi connectivity index (χ4n) is 3.09. The molecule has 1 fully saturated rings. The van der Waals surface area contributed by atoms with Gasteiger partial charge in [0.2, 0.25) is 5.91 Å².